The molecule has 21 heavy (non-hydrogen) atoms. The maximum atomic E-state index is 12.2. The van der Waals surface area contributed by atoms with Gasteiger partial charge in [-0.2, -0.15) is 11.3 Å². The topological polar surface area (TPSA) is 79.3 Å². The zero-order valence-corrected chi connectivity index (χ0v) is 12.2. The Bertz CT molecular complexity index is 692. The molecule has 0 unspecified atom stereocenters. The van der Waals surface area contributed by atoms with Crippen molar-refractivity contribution in [3.05, 3.63) is 57.6 Å². The molecule has 0 spiro atoms. The number of hydrogen-bond donors (Lipinski definition) is 2. The molecule has 6 heteroatoms. The molecule has 0 aromatic carbocycles. The summed E-state index contributed by atoms with van der Waals surface area (Å²) in [5.41, 5.74) is 3.08. The van der Waals surface area contributed by atoms with Gasteiger partial charge in [0.2, 0.25) is 0 Å². The predicted molar refractivity (Wildman–Crippen MR) is 81.1 cm³/mol. The van der Waals surface area contributed by atoms with Crippen molar-refractivity contribution in [2.75, 3.05) is 0 Å². The second-order valence-corrected chi connectivity index (χ2v) is 5.14. The van der Waals surface area contributed by atoms with E-state index in [1.165, 1.54) is 18.5 Å². The van der Waals surface area contributed by atoms with Crippen molar-refractivity contribution in [2.24, 2.45) is 0 Å². The number of hydrogen-bond acceptors (Lipinski definition) is 4. The molecule has 0 radical (unpaired) electrons. The van der Waals surface area contributed by atoms with Crippen molar-refractivity contribution in [2.45, 2.75) is 13.5 Å². The third-order valence-electron chi connectivity index (χ3n) is 2.90. The minimum atomic E-state index is -1.07. The lowest BCUT2D eigenvalue weighted by Crippen LogP contribution is -2.23. The average molecular weight is 302 g/mol. The predicted octanol–water partition coefficient (Wildman–Crippen LogP) is 2.48. The van der Waals surface area contributed by atoms with Gasteiger partial charge in [0.1, 0.15) is 0 Å². The zero-order chi connectivity index (χ0) is 15.2. The summed E-state index contributed by atoms with van der Waals surface area (Å²) < 4.78 is 0. The maximum Gasteiger partial charge on any atom is 0.328 e. The Labute approximate surface area is 126 Å². The highest BCUT2D eigenvalue weighted by Gasteiger charge is 2.10. The number of thiophene rings is 1. The summed E-state index contributed by atoms with van der Waals surface area (Å²) in [7, 11) is 0. The van der Waals surface area contributed by atoms with Gasteiger partial charge in [-0.15, -0.1) is 0 Å². The smallest absolute Gasteiger partial charge is 0.328 e. The van der Waals surface area contributed by atoms with Crippen LogP contribution < -0.4 is 5.32 Å². The van der Waals surface area contributed by atoms with E-state index in [1.807, 2.05) is 17.7 Å². The molecule has 0 saturated carbocycles. The van der Waals surface area contributed by atoms with E-state index in [4.69, 9.17) is 5.11 Å². The van der Waals surface area contributed by atoms with Crippen LogP contribution in [0.4, 0.5) is 0 Å². The summed E-state index contributed by atoms with van der Waals surface area (Å²) in [6, 6.07) is 1.57. The monoisotopic (exact) mass is 302 g/mol. The van der Waals surface area contributed by atoms with E-state index in [0.717, 1.165) is 17.2 Å². The van der Waals surface area contributed by atoms with Crippen LogP contribution in [0.15, 0.2) is 35.3 Å². The van der Waals surface area contributed by atoms with E-state index in [1.54, 1.807) is 17.4 Å². The number of carbonyl (C=O) groups excluding carboxylic acids is 1. The Morgan fingerprint density at radius 1 is 1.43 bits per heavy atom. The first kappa shape index (κ1) is 14.9. The van der Waals surface area contributed by atoms with Crippen molar-refractivity contribution in [1.82, 2.24) is 10.3 Å². The van der Waals surface area contributed by atoms with Crippen LogP contribution >= 0.6 is 11.3 Å². The molecular weight excluding hydrogens is 288 g/mol. The van der Waals surface area contributed by atoms with Crippen LogP contribution in [0.5, 0.6) is 0 Å². The van der Waals surface area contributed by atoms with Crippen molar-refractivity contribution in [3.8, 4) is 0 Å². The summed E-state index contributed by atoms with van der Waals surface area (Å²) in [6.07, 6.45) is 5.31. The minimum Gasteiger partial charge on any atom is -0.478 e. The van der Waals surface area contributed by atoms with E-state index < -0.39 is 5.97 Å². The molecule has 5 nitrogen and oxygen atoms in total. The normalized spacial score (nSPS) is 10.7. The Balaban J connectivity index is 2.12. The highest BCUT2D eigenvalue weighted by molar-refractivity contribution is 7.08. The molecule has 0 atom stereocenters. The standard InChI is InChI=1S/C15H14N2O3S/c1-10-8-21-9-12(10)7-17-15(20)13-4-5-16-6-11(13)2-3-14(18)19/h2-6,8-9H,7H2,1H3,(H,17,20)(H,18,19)/b3-2+. The Kier molecular flexibility index (Phi) is 4.84. The van der Waals surface area contributed by atoms with E-state index in [9.17, 15) is 9.59 Å². The molecular formula is C15H14N2O3S. The largest absolute Gasteiger partial charge is 0.478 e. The number of nitrogens with zero attached hydrogens (tertiary/aromatic N) is 1. The first-order valence-electron chi connectivity index (χ1n) is 6.23. The van der Waals surface area contributed by atoms with Crippen LogP contribution in [0.25, 0.3) is 6.08 Å². The van der Waals surface area contributed by atoms with Crippen molar-refractivity contribution < 1.29 is 14.7 Å². The number of aromatic nitrogens is 1. The lowest BCUT2D eigenvalue weighted by atomic mass is 10.1. The minimum absolute atomic E-state index is 0.256. The van der Waals surface area contributed by atoms with E-state index >= 15 is 0 Å². The molecule has 0 fully saturated rings. The number of rotatable bonds is 5. The lowest BCUT2D eigenvalue weighted by molar-refractivity contribution is -0.131. The highest BCUT2D eigenvalue weighted by Crippen LogP contribution is 2.14. The van der Waals surface area contributed by atoms with Gasteiger partial charge in [0.05, 0.1) is 0 Å². The molecule has 0 bridgehead atoms. The summed E-state index contributed by atoms with van der Waals surface area (Å²) in [6.45, 7) is 2.43. The third-order valence-corrected chi connectivity index (χ3v) is 3.81. The van der Waals surface area contributed by atoms with Gasteiger partial charge >= 0.3 is 5.97 Å². The van der Waals surface area contributed by atoms with Gasteiger partial charge in [0.25, 0.3) is 5.91 Å². The first-order valence-corrected chi connectivity index (χ1v) is 7.17. The summed E-state index contributed by atoms with van der Waals surface area (Å²) in [4.78, 5) is 26.7. The number of amides is 1. The summed E-state index contributed by atoms with van der Waals surface area (Å²) >= 11 is 1.59. The molecule has 0 aliphatic heterocycles. The second-order valence-electron chi connectivity index (χ2n) is 4.40. The Morgan fingerprint density at radius 2 is 2.24 bits per heavy atom. The lowest BCUT2D eigenvalue weighted by Gasteiger charge is -2.07. The van der Waals surface area contributed by atoms with Crippen molar-refractivity contribution in [3.63, 3.8) is 0 Å². The summed E-state index contributed by atoms with van der Waals surface area (Å²) in [5.74, 6) is -1.33. The molecule has 0 aliphatic carbocycles. The Morgan fingerprint density at radius 3 is 2.90 bits per heavy atom. The van der Waals surface area contributed by atoms with Crippen molar-refractivity contribution >= 4 is 29.3 Å². The quantitative estimate of drug-likeness (QED) is 0.832. The third kappa shape index (κ3) is 4.00. The van der Waals surface area contributed by atoms with Gasteiger partial charge in [-0.3, -0.25) is 9.78 Å². The number of carboxylic acid groups (broad SMARTS) is 1. The van der Waals surface area contributed by atoms with Gasteiger partial charge < -0.3 is 10.4 Å². The molecule has 0 aliphatic rings. The average Bonchev–Trinajstić information content (AvgIpc) is 2.88. The van der Waals surface area contributed by atoms with E-state index in [0.29, 0.717) is 17.7 Å². The molecule has 1 amide bonds. The van der Waals surface area contributed by atoms with Crippen LogP contribution in [-0.4, -0.2) is 22.0 Å². The second kappa shape index (κ2) is 6.81. The number of nitrogens with one attached hydrogen (secondary N) is 1. The first-order chi connectivity index (χ1) is 10.1. The number of aliphatic carboxylic acids is 1. The SMILES string of the molecule is Cc1cscc1CNC(=O)c1ccncc1/C=C/C(=O)O. The molecule has 0 saturated heterocycles. The molecule has 2 rings (SSSR count). The fourth-order valence-corrected chi connectivity index (χ4v) is 2.60. The van der Waals surface area contributed by atoms with Gasteiger partial charge in [-0.25, -0.2) is 4.79 Å². The molecule has 2 aromatic rings. The van der Waals surface area contributed by atoms with Crippen molar-refractivity contribution in [1.29, 1.82) is 0 Å². The molecule has 2 N–H and O–H groups in total. The molecule has 108 valence electrons. The van der Waals surface area contributed by atoms with Gasteiger partial charge in [-0.1, -0.05) is 0 Å². The number of carbonyl (C=O) groups is 2. The highest BCUT2D eigenvalue weighted by atomic mass is 32.1. The fraction of sp³-hybridized carbons (Fsp3) is 0.133. The van der Waals surface area contributed by atoms with Crippen LogP contribution in [0, 0.1) is 6.92 Å². The fourth-order valence-electron chi connectivity index (χ4n) is 1.75. The van der Waals surface area contributed by atoms with Crippen LogP contribution in [0.3, 0.4) is 0 Å². The molecule has 2 heterocycles. The van der Waals surface area contributed by atoms with E-state index in [2.05, 4.69) is 10.3 Å². The summed E-state index contributed by atoms with van der Waals surface area (Å²) in [5, 5.41) is 15.5. The number of aryl methyl sites for hydroxylation is 1. The van der Waals surface area contributed by atoms with Gasteiger partial charge in [0.15, 0.2) is 0 Å². The number of carboxylic acids is 1. The number of pyridine rings is 1. The van der Waals surface area contributed by atoms with Crippen LogP contribution in [0.2, 0.25) is 0 Å². The van der Waals surface area contributed by atoms with E-state index in [-0.39, 0.29) is 5.91 Å². The zero-order valence-electron chi connectivity index (χ0n) is 11.4. The Hall–Kier alpha value is -2.47. The van der Waals surface area contributed by atoms with Gasteiger partial charge in [-0.05, 0) is 41.0 Å². The maximum absolute atomic E-state index is 12.2. The van der Waals surface area contributed by atoms with Crippen LogP contribution in [0.1, 0.15) is 27.0 Å². The molecule has 2 aromatic heterocycles. The van der Waals surface area contributed by atoms with Gasteiger partial charge in [0, 0.05) is 36.1 Å². The van der Waals surface area contributed by atoms with Crippen LogP contribution in [-0.2, 0) is 11.3 Å².